The zero-order valence-electron chi connectivity index (χ0n) is 6.77. The molecule has 3 aliphatic carbocycles. The summed E-state index contributed by atoms with van der Waals surface area (Å²) in [6, 6.07) is 0. The Morgan fingerprint density at radius 3 is 2.82 bits per heavy atom. The van der Waals surface area contributed by atoms with Crippen LogP contribution in [-0.2, 0) is 4.79 Å². The quantitative estimate of drug-likeness (QED) is 0.555. The summed E-state index contributed by atoms with van der Waals surface area (Å²) in [4.78, 5) is 11.0. The van der Waals surface area contributed by atoms with Crippen LogP contribution in [0.4, 0.5) is 0 Å². The Balaban J connectivity index is 2.23. The molecule has 0 aromatic carbocycles. The molecule has 1 nitrogen and oxygen atoms in total. The van der Waals surface area contributed by atoms with Crippen LogP contribution >= 0.6 is 11.6 Å². The molecule has 62 valence electrons. The number of Topliss-reactive ketones (excluding diaryl/α,β-unsaturated/α-hetero) is 1. The van der Waals surface area contributed by atoms with Gasteiger partial charge in [0.1, 0.15) is 4.87 Å². The summed E-state index contributed by atoms with van der Waals surface area (Å²) < 4.78 is 0. The maximum absolute atomic E-state index is 11.4. The summed E-state index contributed by atoms with van der Waals surface area (Å²) in [5.41, 5.74) is 0. The molecule has 0 aromatic heterocycles. The van der Waals surface area contributed by atoms with Crippen LogP contribution in [0.15, 0.2) is 0 Å². The lowest BCUT2D eigenvalue weighted by atomic mass is 9.54. The topological polar surface area (TPSA) is 17.1 Å². The number of ketones is 1. The van der Waals surface area contributed by atoms with E-state index in [0.29, 0.717) is 17.6 Å². The molecule has 3 rings (SSSR count). The fourth-order valence-electron chi connectivity index (χ4n) is 2.72. The molecule has 2 bridgehead atoms. The van der Waals surface area contributed by atoms with E-state index in [1.54, 1.807) is 0 Å². The number of hydrogen-bond acceptors (Lipinski definition) is 1. The average molecular weight is 173 g/mol. The van der Waals surface area contributed by atoms with E-state index in [4.69, 9.17) is 11.6 Å². The second-order valence-corrected chi connectivity index (χ2v) is 4.41. The third kappa shape index (κ3) is 0.752. The lowest BCUT2D eigenvalue weighted by Gasteiger charge is -2.53. The number of rotatable bonds is 1. The number of carbonyl (C=O) groups is 1. The number of hydrogen-bond donors (Lipinski definition) is 0. The third-order valence-corrected chi connectivity index (χ3v) is 3.97. The van der Waals surface area contributed by atoms with Crippen LogP contribution in [0.3, 0.4) is 0 Å². The Kier molecular flexibility index (Phi) is 1.54. The average Bonchev–Trinajstić information content (AvgIpc) is 2.02. The second-order valence-electron chi connectivity index (χ2n) is 3.74. The monoisotopic (exact) mass is 172 g/mol. The van der Waals surface area contributed by atoms with Gasteiger partial charge in [0.2, 0.25) is 0 Å². The van der Waals surface area contributed by atoms with E-state index in [-0.39, 0.29) is 0 Å². The molecule has 0 heterocycles. The Morgan fingerprint density at radius 2 is 2.45 bits per heavy atom. The molecule has 0 aliphatic heterocycles. The van der Waals surface area contributed by atoms with E-state index in [0.717, 1.165) is 25.7 Å². The highest BCUT2D eigenvalue weighted by Gasteiger charge is 2.61. The molecule has 0 N–H and O–H groups in total. The van der Waals surface area contributed by atoms with Crippen LogP contribution in [0.25, 0.3) is 0 Å². The largest absolute Gasteiger partial charge is 0.297 e. The summed E-state index contributed by atoms with van der Waals surface area (Å²) in [7, 11) is 0. The predicted molar refractivity (Wildman–Crippen MR) is 44.7 cm³/mol. The highest BCUT2D eigenvalue weighted by Crippen LogP contribution is 2.56. The smallest absolute Gasteiger partial charge is 0.157 e. The van der Waals surface area contributed by atoms with Crippen molar-refractivity contribution in [1.82, 2.24) is 0 Å². The maximum Gasteiger partial charge on any atom is 0.157 e. The molecule has 3 fully saturated rings. The molecule has 0 unspecified atom stereocenters. The maximum atomic E-state index is 11.4. The molecular weight excluding hydrogens is 160 g/mol. The minimum atomic E-state index is -0.419. The van der Waals surface area contributed by atoms with Crippen molar-refractivity contribution in [2.45, 2.75) is 37.5 Å². The number of halogens is 1. The molecule has 3 saturated carbocycles. The van der Waals surface area contributed by atoms with Crippen LogP contribution < -0.4 is 0 Å². The first-order valence-corrected chi connectivity index (χ1v) is 4.81. The van der Waals surface area contributed by atoms with E-state index in [9.17, 15) is 4.79 Å². The van der Waals surface area contributed by atoms with Crippen molar-refractivity contribution in [1.29, 1.82) is 0 Å². The number of alkyl halides is 1. The zero-order chi connectivity index (χ0) is 8.06. The summed E-state index contributed by atoms with van der Waals surface area (Å²) in [5, 5.41) is 0. The van der Waals surface area contributed by atoms with Gasteiger partial charge >= 0.3 is 0 Å². The van der Waals surface area contributed by atoms with Gasteiger partial charge in [0.25, 0.3) is 0 Å². The van der Waals surface area contributed by atoms with E-state index in [1.807, 2.05) is 0 Å². The molecule has 2 heteroatoms. The number of carbonyl (C=O) groups excluding carboxylic acids is 1. The highest BCUT2D eigenvalue weighted by atomic mass is 35.5. The van der Waals surface area contributed by atoms with E-state index >= 15 is 0 Å². The van der Waals surface area contributed by atoms with Gasteiger partial charge in [-0.15, -0.1) is 11.6 Å². The summed E-state index contributed by atoms with van der Waals surface area (Å²) in [6.45, 7) is 2.13. The summed E-state index contributed by atoms with van der Waals surface area (Å²) in [6.07, 6.45) is 4.23. The molecule has 0 spiro atoms. The van der Waals surface area contributed by atoms with E-state index in [2.05, 4.69) is 6.92 Å². The molecular formula is C9H13ClO. The summed E-state index contributed by atoms with van der Waals surface area (Å²) in [5.74, 6) is 1.15. The molecule has 11 heavy (non-hydrogen) atoms. The van der Waals surface area contributed by atoms with E-state index < -0.39 is 4.87 Å². The summed E-state index contributed by atoms with van der Waals surface area (Å²) >= 11 is 6.21. The first kappa shape index (κ1) is 7.60. The van der Waals surface area contributed by atoms with Gasteiger partial charge in [0.15, 0.2) is 5.78 Å². The normalized spacial score (nSPS) is 48.7. The lowest BCUT2D eigenvalue weighted by Crippen LogP contribution is -2.62. The van der Waals surface area contributed by atoms with Gasteiger partial charge in [-0.3, -0.25) is 4.79 Å². The van der Waals surface area contributed by atoms with Gasteiger partial charge in [-0.2, -0.15) is 0 Å². The number of fused-ring (bicyclic) bond motifs is 2. The standard InChI is InChI=1S/C9H13ClO/c1-2-7-6-4-3-5-9(7,10)8(6)11/h6-7H,2-5H2,1H3/t6-,7-,9-/m1/s1. The fraction of sp³-hybridized carbons (Fsp3) is 0.889. The molecule has 0 saturated heterocycles. The van der Waals surface area contributed by atoms with Crippen LogP contribution in [0.1, 0.15) is 32.6 Å². The minimum absolute atomic E-state index is 0.325. The van der Waals surface area contributed by atoms with Gasteiger partial charge in [-0.25, -0.2) is 0 Å². The Labute approximate surface area is 72.1 Å². The van der Waals surface area contributed by atoms with Crippen molar-refractivity contribution in [3.63, 3.8) is 0 Å². The fourth-order valence-corrected chi connectivity index (χ4v) is 3.30. The van der Waals surface area contributed by atoms with Crippen molar-refractivity contribution < 1.29 is 4.79 Å². The first-order valence-electron chi connectivity index (χ1n) is 4.43. The van der Waals surface area contributed by atoms with E-state index in [1.165, 1.54) is 0 Å². The Hall–Kier alpha value is -0.0400. The van der Waals surface area contributed by atoms with Gasteiger partial charge in [0.05, 0.1) is 0 Å². The van der Waals surface area contributed by atoms with Crippen molar-refractivity contribution in [2.75, 3.05) is 0 Å². The molecule has 0 aromatic rings. The molecule has 3 atom stereocenters. The van der Waals surface area contributed by atoms with Crippen LogP contribution in [-0.4, -0.2) is 10.7 Å². The predicted octanol–water partition coefficient (Wildman–Crippen LogP) is 2.37. The molecule has 3 aliphatic rings. The van der Waals surface area contributed by atoms with Crippen LogP contribution in [0, 0.1) is 11.8 Å². The van der Waals surface area contributed by atoms with Crippen LogP contribution in [0.2, 0.25) is 0 Å². The van der Waals surface area contributed by atoms with Crippen molar-refractivity contribution in [2.24, 2.45) is 11.8 Å². The first-order chi connectivity index (χ1) is 5.20. The van der Waals surface area contributed by atoms with Gasteiger partial charge in [0, 0.05) is 5.92 Å². The SMILES string of the molecule is CC[C@@H]1[C@H]2CCC[C@]1(Cl)C2=O. The lowest BCUT2D eigenvalue weighted by molar-refractivity contribution is -0.144. The second kappa shape index (κ2) is 2.22. The Bertz CT molecular complexity index is 202. The van der Waals surface area contributed by atoms with Gasteiger partial charge < -0.3 is 0 Å². The van der Waals surface area contributed by atoms with Gasteiger partial charge in [-0.05, 0) is 18.8 Å². The van der Waals surface area contributed by atoms with Crippen molar-refractivity contribution >= 4 is 17.4 Å². The zero-order valence-corrected chi connectivity index (χ0v) is 7.53. The van der Waals surface area contributed by atoms with Crippen molar-refractivity contribution in [3.05, 3.63) is 0 Å². The van der Waals surface area contributed by atoms with Crippen LogP contribution in [0.5, 0.6) is 0 Å². The molecule has 0 amide bonds. The van der Waals surface area contributed by atoms with Gasteiger partial charge in [-0.1, -0.05) is 19.8 Å². The highest BCUT2D eigenvalue weighted by molar-refractivity contribution is 6.38. The third-order valence-electron chi connectivity index (χ3n) is 3.32. The Morgan fingerprint density at radius 1 is 1.73 bits per heavy atom. The van der Waals surface area contributed by atoms with Crippen molar-refractivity contribution in [3.8, 4) is 0 Å². The minimum Gasteiger partial charge on any atom is -0.297 e. The molecule has 0 radical (unpaired) electrons.